The molecule has 1 heterocycles. The van der Waals surface area contributed by atoms with Crippen molar-refractivity contribution in [2.24, 2.45) is 0 Å². The topological polar surface area (TPSA) is 79.5 Å². The highest BCUT2D eigenvalue weighted by Gasteiger charge is 2.26. The summed E-state index contributed by atoms with van der Waals surface area (Å²) in [6, 6.07) is 7.25. The van der Waals surface area contributed by atoms with Crippen LogP contribution in [0.1, 0.15) is 53.9 Å². The van der Waals surface area contributed by atoms with Crippen molar-refractivity contribution in [3.05, 3.63) is 40.3 Å². The van der Waals surface area contributed by atoms with Crippen LogP contribution in [0.4, 0.5) is 16.4 Å². The van der Waals surface area contributed by atoms with Gasteiger partial charge in [-0.15, -0.1) is 11.3 Å². The molecule has 1 aromatic heterocycles. The highest BCUT2D eigenvalue weighted by atomic mass is 32.1. The van der Waals surface area contributed by atoms with Gasteiger partial charge in [-0.25, -0.2) is 4.79 Å². The van der Waals surface area contributed by atoms with E-state index in [1.807, 2.05) is 19.1 Å². The normalized spacial score (nSPS) is 13.0. The fourth-order valence-electron chi connectivity index (χ4n) is 3.36. The Labute approximate surface area is 180 Å². The van der Waals surface area contributed by atoms with E-state index >= 15 is 0 Å². The number of carbonyl (C=O) groups excluding carboxylic acids is 2. The number of anilines is 3. The molecule has 0 aliphatic heterocycles. The average Bonchev–Trinajstić information content (AvgIpc) is 2.83. The summed E-state index contributed by atoms with van der Waals surface area (Å²) in [5.41, 5.74) is 3.23. The maximum absolute atomic E-state index is 12.6. The Morgan fingerprint density at radius 2 is 1.69 bits per heavy atom. The van der Waals surface area contributed by atoms with Crippen LogP contribution in [0.5, 0.6) is 0 Å². The number of rotatable bonds is 5. The van der Waals surface area contributed by atoms with E-state index in [9.17, 15) is 9.59 Å². The predicted molar refractivity (Wildman–Crippen MR) is 122 cm³/mol. The number of amides is 1. The van der Waals surface area contributed by atoms with Gasteiger partial charge < -0.3 is 20.7 Å². The second kappa shape index (κ2) is 9.84. The van der Waals surface area contributed by atoms with Gasteiger partial charge in [0.1, 0.15) is 5.00 Å². The van der Waals surface area contributed by atoms with Gasteiger partial charge >= 0.3 is 5.97 Å². The van der Waals surface area contributed by atoms with E-state index in [4.69, 9.17) is 17.0 Å². The number of fused-ring (bicyclic) bond motifs is 1. The van der Waals surface area contributed by atoms with Gasteiger partial charge in [0.25, 0.3) is 0 Å². The number of carbonyl (C=O) groups is 2. The Morgan fingerprint density at radius 3 is 2.34 bits per heavy atom. The third kappa shape index (κ3) is 5.55. The molecule has 29 heavy (non-hydrogen) atoms. The molecule has 1 aromatic carbocycles. The van der Waals surface area contributed by atoms with Crippen LogP contribution in [-0.2, 0) is 22.4 Å². The number of benzene rings is 1. The van der Waals surface area contributed by atoms with Crippen molar-refractivity contribution >= 4 is 56.9 Å². The zero-order valence-electron chi connectivity index (χ0n) is 16.6. The van der Waals surface area contributed by atoms with Crippen LogP contribution in [0.3, 0.4) is 0 Å². The van der Waals surface area contributed by atoms with Crippen molar-refractivity contribution in [2.45, 2.75) is 46.0 Å². The van der Waals surface area contributed by atoms with Crippen LogP contribution in [0.15, 0.2) is 24.3 Å². The lowest BCUT2D eigenvalue weighted by molar-refractivity contribution is -0.114. The molecule has 3 N–H and O–H groups in total. The molecule has 0 bridgehead atoms. The lowest BCUT2D eigenvalue weighted by atomic mass is 10.1. The van der Waals surface area contributed by atoms with Gasteiger partial charge in [0.05, 0.1) is 12.2 Å². The number of ether oxygens (including phenoxy) is 1. The number of esters is 1. The third-order valence-corrected chi connectivity index (χ3v) is 6.00. The van der Waals surface area contributed by atoms with Crippen LogP contribution in [0, 0.1) is 0 Å². The molecule has 1 aliphatic carbocycles. The molecule has 0 atom stereocenters. The average molecular weight is 432 g/mol. The van der Waals surface area contributed by atoms with Gasteiger partial charge in [-0.3, -0.25) is 4.79 Å². The van der Waals surface area contributed by atoms with Crippen LogP contribution in [0.25, 0.3) is 0 Å². The minimum absolute atomic E-state index is 0.119. The molecule has 0 saturated heterocycles. The van der Waals surface area contributed by atoms with E-state index in [0.717, 1.165) is 41.9 Å². The summed E-state index contributed by atoms with van der Waals surface area (Å²) in [5, 5.41) is 10.2. The molecule has 1 amide bonds. The fourth-order valence-corrected chi connectivity index (χ4v) is 4.92. The highest BCUT2D eigenvalue weighted by Crippen LogP contribution is 2.38. The van der Waals surface area contributed by atoms with Gasteiger partial charge in [0.2, 0.25) is 5.91 Å². The Balaban J connectivity index is 1.75. The third-order valence-electron chi connectivity index (χ3n) is 4.59. The molecule has 1 aliphatic rings. The number of thiocarbonyl (C=S) groups is 1. The highest BCUT2D eigenvalue weighted by molar-refractivity contribution is 7.80. The van der Waals surface area contributed by atoms with Crippen LogP contribution in [-0.4, -0.2) is 23.6 Å². The van der Waals surface area contributed by atoms with Crippen molar-refractivity contribution in [3.63, 3.8) is 0 Å². The summed E-state index contributed by atoms with van der Waals surface area (Å²) in [6.07, 6.45) is 5.28. The molecule has 6 nitrogen and oxygen atoms in total. The molecule has 154 valence electrons. The van der Waals surface area contributed by atoms with Crippen molar-refractivity contribution in [1.29, 1.82) is 0 Å². The smallest absolute Gasteiger partial charge is 0.341 e. The first-order valence-electron chi connectivity index (χ1n) is 9.75. The summed E-state index contributed by atoms with van der Waals surface area (Å²) in [5.74, 6) is -0.413. The maximum atomic E-state index is 12.6. The number of thiophene rings is 1. The molecule has 0 saturated carbocycles. The second-order valence-corrected chi connectivity index (χ2v) is 8.34. The summed E-state index contributed by atoms with van der Waals surface area (Å²) in [7, 11) is 0. The lowest BCUT2D eigenvalue weighted by Gasteiger charge is -2.12. The van der Waals surface area contributed by atoms with Crippen LogP contribution in [0.2, 0.25) is 0 Å². The van der Waals surface area contributed by atoms with Crippen molar-refractivity contribution in [3.8, 4) is 0 Å². The molecule has 0 radical (unpaired) electrons. The van der Waals surface area contributed by atoms with Crippen molar-refractivity contribution in [1.82, 2.24) is 0 Å². The fraction of sp³-hybridized carbons (Fsp3) is 0.381. The molecule has 2 aromatic rings. The zero-order valence-corrected chi connectivity index (χ0v) is 18.2. The molecule has 0 unspecified atom stereocenters. The first kappa shape index (κ1) is 21.3. The molecule has 0 spiro atoms. The summed E-state index contributed by atoms with van der Waals surface area (Å²) in [4.78, 5) is 25.0. The van der Waals surface area contributed by atoms with Crippen LogP contribution >= 0.6 is 23.6 Å². The zero-order chi connectivity index (χ0) is 20.8. The standard InChI is InChI=1S/C21H25N3O3S2/c1-3-27-20(26)18-16-7-5-4-6-8-17(16)29-19(18)24-21(28)23-15-11-9-14(10-12-15)22-13(2)25/h9-12H,3-8H2,1-2H3,(H,22,25)(H2,23,24,28). The van der Waals surface area contributed by atoms with E-state index in [1.54, 1.807) is 23.5 Å². The predicted octanol–water partition coefficient (Wildman–Crippen LogP) is 4.96. The Morgan fingerprint density at radius 1 is 1.03 bits per heavy atom. The minimum atomic E-state index is -0.295. The number of hydrogen-bond acceptors (Lipinski definition) is 5. The number of hydrogen-bond donors (Lipinski definition) is 3. The van der Waals surface area contributed by atoms with E-state index < -0.39 is 0 Å². The van der Waals surface area contributed by atoms with E-state index in [-0.39, 0.29) is 11.9 Å². The Bertz CT molecular complexity index is 907. The van der Waals surface area contributed by atoms with Gasteiger partial charge in [0, 0.05) is 23.2 Å². The number of nitrogens with one attached hydrogen (secondary N) is 3. The van der Waals surface area contributed by atoms with Crippen molar-refractivity contribution in [2.75, 3.05) is 22.6 Å². The van der Waals surface area contributed by atoms with Crippen LogP contribution < -0.4 is 16.0 Å². The molecular weight excluding hydrogens is 406 g/mol. The van der Waals surface area contributed by atoms with Gasteiger partial charge in [-0.1, -0.05) is 6.42 Å². The molecule has 8 heteroatoms. The molecule has 3 rings (SSSR count). The van der Waals surface area contributed by atoms with Gasteiger partial charge in [-0.2, -0.15) is 0 Å². The van der Waals surface area contributed by atoms with Gasteiger partial charge in [0.15, 0.2) is 5.11 Å². The summed E-state index contributed by atoms with van der Waals surface area (Å²) in [6.45, 7) is 3.62. The summed E-state index contributed by atoms with van der Waals surface area (Å²) >= 11 is 7.05. The Kier molecular flexibility index (Phi) is 7.22. The summed E-state index contributed by atoms with van der Waals surface area (Å²) < 4.78 is 5.31. The maximum Gasteiger partial charge on any atom is 0.341 e. The first-order chi connectivity index (χ1) is 14.0. The molecular formula is C21H25N3O3S2. The minimum Gasteiger partial charge on any atom is -0.462 e. The van der Waals surface area contributed by atoms with E-state index in [0.29, 0.717) is 23.0 Å². The van der Waals surface area contributed by atoms with Gasteiger partial charge in [-0.05, 0) is 74.7 Å². The first-order valence-corrected chi connectivity index (χ1v) is 11.0. The largest absolute Gasteiger partial charge is 0.462 e. The van der Waals surface area contributed by atoms with E-state index in [1.165, 1.54) is 18.2 Å². The number of aryl methyl sites for hydroxylation is 1. The SMILES string of the molecule is CCOC(=O)c1c(NC(=S)Nc2ccc(NC(C)=O)cc2)sc2c1CCCCC2. The molecule has 0 fully saturated rings. The lowest BCUT2D eigenvalue weighted by Crippen LogP contribution is -2.20. The second-order valence-electron chi connectivity index (χ2n) is 6.83. The quantitative estimate of drug-likeness (QED) is 0.353. The van der Waals surface area contributed by atoms with Crippen molar-refractivity contribution < 1.29 is 14.3 Å². The monoisotopic (exact) mass is 431 g/mol. The van der Waals surface area contributed by atoms with E-state index in [2.05, 4.69) is 16.0 Å². The Hall–Kier alpha value is -2.45.